The lowest BCUT2D eigenvalue weighted by molar-refractivity contribution is 0.201. The molecule has 34 heavy (non-hydrogen) atoms. The number of hydrogen-bond acceptors (Lipinski definition) is 5. The topological polar surface area (TPSA) is 83.3 Å². The van der Waals surface area contributed by atoms with E-state index in [0.717, 1.165) is 41.6 Å². The van der Waals surface area contributed by atoms with Gasteiger partial charge in [-0.1, -0.05) is 42.5 Å². The molecule has 0 saturated heterocycles. The van der Waals surface area contributed by atoms with Gasteiger partial charge in [0.25, 0.3) is 0 Å². The average molecular weight is 474 g/mol. The zero-order valence-electron chi connectivity index (χ0n) is 19.3. The Morgan fingerprint density at radius 2 is 1.88 bits per heavy atom. The van der Waals surface area contributed by atoms with Crippen LogP contribution in [0.15, 0.2) is 84.4 Å². The maximum Gasteiger partial charge on any atom is 0.134 e. The third-order valence-electron chi connectivity index (χ3n) is 5.70. The van der Waals surface area contributed by atoms with Crippen LogP contribution >= 0.6 is 11.3 Å². The lowest BCUT2D eigenvalue weighted by Crippen LogP contribution is -2.15. The smallest absolute Gasteiger partial charge is 0.134 e. The molecular weight excluding hydrogens is 442 g/mol. The van der Waals surface area contributed by atoms with Gasteiger partial charge in [0.05, 0.1) is 0 Å². The number of H-pyrrole nitrogens is 1. The molecule has 0 radical (unpaired) electrons. The molecule has 2 heterocycles. The lowest BCUT2D eigenvalue weighted by atomic mass is 10.1. The van der Waals surface area contributed by atoms with Crippen molar-refractivity contribution in [1.82, 2.24) is 10.3 Å². The van der Waals surface area contributed by atoms with Crippen molar-refractivity contribution in [2.75, 3.05) is 20.1 Å². The lowest BCUT2D eigenvalue weighted by Gasteiger charge is -2.19. The van der Waals surface area contributed by atoms with Crippen LogP contribution in [-0.4, -0.2) is 30.2 Å². The molecular formula is C28H31N3O2S. The van der Waals surface area contributed by atoms with Crippen molar-refractivity contribution in [1.29, 1.82) is 0 Å². The second-order valence-electron chi connectivity index (χ2n) is 8.07. The van der Waals surface area contributed by atoms with Crippen molar-refractivity contribution >= 4 is 33.0 Å². The molecule has 2 aromatic heterocycles. The summed E-state index contributed by atoms with van der Waals surface area (Å²) in [7, 11) is 1.98. The number of nitrogens with two attached hydrogens (primary N) is 1. The summed E-state index contributed by atoms with van der Waals surface area (Å²) >= 11 is 1.75. The van der Waals surface area contributed by atoms with Crippen LogP contribution in [0.1, 0.15) is 23.0 Å². The highest BCUT2D eigenvalue weighted by atomic mass is 32.1. The molecule has 0 bridgehead atoms. The SMILES string of the molecule is CNCC[C@H](Oc1cccc2ccccc12)c1cccs1.NCCc1c[nH]c2ccc(O)cc12. The molecule has 176 valence electrons. The first-order valence-corrected chi connectivity index (χ1v) is 12.4. The zero-order chi connectivity index (χ0) is 23.8. The number of aromatic amines is 1. The normalized spacial score (nSPS) is 11.8. The Hall–Kier alpha value is -3.32. The largest absolute Gasteiger partial charge is 0.508 e. The Bertz CT molecular complexity index is 1310. The Balaban J connectivity index is 0.000000180. The van der Waals surface area contributed by atoms with E-state index in [9.17, 15) is 5.11 Å². The minimum atomic E-state index is 0.100. The fraction of sp³-hybridized carbons (Fsp3) is 0.214. The van der Waals surface area contributed by atoms with Crippen LogP contribution in [0, 0.1) is 0 Å². The van der Waals surface area contributed by atoms with Crippen molar-refractivity contribution < 1.29 is 9.84 Å². The van der Waals surface area contributed by atoms with Crippen molar-refractivity contribution in [3.8, 4) is 11.5 Å². The van der Waals surface area contributed by atoms with Gasteiger partial charge in [0.15, 0.2) is 0 Å². The van der Waals surface area contributed by atoms with E-state index in [1.807, 2.05) is 19.3 Å². The number of aromatic hydroxyl groups is 1. The van der Waals surface area contributed by atoms with Crippen LogP contribution in [-0.2, 0) is 6.42 Å². The van der Waals surface area contributed by atoms with E-state index in [1.165, 1.54) is 15.6 Å². The number of nitrogens with one attached hydrogen (secondary N) is 2. The molecule has 0 aliphatic heterocycles. The number of phenols is 1. The number of benzene rings is 3. The third-order valence-corrected chi connectivity index (χ3v) is 6.66. The fourth-order valence-electron chi connectivity index (χ4n) is 3.99. The first-order valence-electron chi connectivity index (χ1n) is 11.5. The van der Waals surface area contributed by atoms with Crippen molar-refractivity contribution in [2.45, 2.75) is 18.9 Å². The second kappa shape index (κ2) is 11.7. The van der Waals surface area contributed by atoms with E-state index in [4.69, 9.17) is 10.5 Å². The summed E-state index contributed by atoms with van der Waals surface area (Å²) in [4.78, 5) is 4.41. The van der Waals surface area contributed by atoms with E-state index < -0.39 is 0 Å². The van der Waals surface area contributed by atoms with Crippen LogP contribution in [0.4, 0.5) is 0 Å². The van der Waals surface area contributed by atoms with Gasteiger partial charge >= 0.3 is 0 Å². The van der Waals surface area contributed by atoms with Gasteiger partial charge < -0.3 is 25.9 Å². The standard InChI is InChI=1S/C18H19NOS.C10H12N2O/c1-19-12-11-17(18-10-5-13-21-18)20-16-9-4-7-14-6-2-3-8-15(14)16;11-4-3-7-6-12-10-2-1-8(13)5-9(7)10/h2-10,13,17,19H,11-12H2,1H3;1-2,5-6,12-13H,3-4,11H2/t17-;/m0./s1. The van der Waals surface area contributed by atoms with E-state index in [0.29, 0.717) is 12.3 Å². The van der Waals surface area contributed by atoms with Gasteiger partial charge in [-0.05, 0) is 73.2 Å². The Kier molecular flexibility index (Phi) is 8.20. The number of thiophene rings is 1. The maximum absolute atomic E-state index is 9.30. The Morgan fingerprint density at radius 1 is 1.03 bits per heavy atom. The number of rotatable bonds is 8. The molecule has 0 unspecified atom stereocenters. The van der Waals surface area contributed by atoms with Crippen LogP contribution in [0.3, 0.4) is 0 Å². The summed E-state index contributed by atoms with van der Waals surface area (Å²) in [5, 5.41) is 18.1. The molecule has 0 amide bonds. The minimum absolute atomic E-state index is 0.100. The van der Waals surface area contributed by atoms with E-state index in [1.54, 1.807) is 23.5 Å². The van der Waals surface area contributed by atoms with Gasteiger partial charge in [0, 0.05) is 33.8 Å². The van der Waals surface area contributed by atoms with Gasteiger partial charge in [0.2, 0.25) is 0 Å². The fourth-order valence-corrected chi connectivity index (χ4v) is 4.78. The number of aromatic nitrogens is 1. The molecule has 1 atom stereocenters. The van der Waals surface area contributed by atoms with Crippen molar-refractivity contribution in [3.63, 3.8) is 0 Å². The molecule has 0 aliphatic carbocycles. The molecule has 0 aliphatic rings. The molecule has 5 nitrogen and oxygen atoms in total. The highest BCUT2D eigenvalue weighted by Gasteiger charge is 2.15. The van der Waals surface area contributed by atoms with Crippen LogP contribution in [0.2, 0.25) is 0 Å². The monoisotopic (exact) mass is 473 g/mol. The summed E-state index contributed by atoms with van der Waals surface area (Å²) in [6, 6.07) is 24.1. The van der Waals surface area contributed by atoms with E-state index in [-0.39, 0.29) is 6.10 Å². The summed E-state index contributed by atoms with van der Waals surface area (Å²) in [6.07, 6.45) is 3.84. The van der Waals surface area contributed by atoms with Gasteiger partial charge in [-0.15, -0.1) is 11.3 Å². The van der Waals surface area contributed by atoms with Crippen LogP contribution in [0.25, 0.3) is 21.7 Å². The molecule has 0 fully saturated rings. The highest BCUT2D eigenvalue weighted by Crippen LogP contribution is 2.32. The average Bonchev–Trinajstić information content (AvgIpc) is 3.53. The van der Waals surface area contributed by atoms with Gasteiger partial charge in [-0.25, -0.2) is 0 Å². The van der Waals surface area contributed by atoms with Gasteiger partial charge in [-0.2, -0.15) is 0 Å². The molecule has 6 heteroatoms. The van der Waals surface area contributed by atoms with Gasteiger partial charge in [0.1, 0.15) is 17.6 Å². The van der Waals surface area contributed by atoms with E-state index >= 15 is 0 Å². The zero-order valence-corrected chi connectivity index (χ0v) is 20.1. The predicted octanol–water partition coefficient (Wildman–Crippen LogP) is 6.01. The van der Waals surface area contributed by atoms with Crippen molar-refractivity contribution in [2.24, 2.45) is 5.73 Å². The van der Waals surface area contributed by atoms with Crippen molar-refractivity contribution in [3.05, 3.63) is 94.8 Å². The molecule has 0 spiro atoms. The highest BCUT2D eigenvalue weighted by molar-refractivity contribution is 7.10. The van der Waals surface area contributed by atoms with Crippen LogP contribution < -0.4 is 15.8 Å². The number of ether oxygens (including phenoxy) is 1. The minimum Gasteiger partial charge on any atom is -0.508 e. The number of phenolic OH excluding ortho intramolecular Hbond substituents is 1. The summed E-state index contributed by atoms with van der Waals surface area (Å²) in [6.45, 7) is 1.57. The van der Waals surface area contributed by atoms with Crippen LogP contribution in [0.5, 0.6) is 11.5 Å². The van der Waals surface area contributed by atoms with Gasteiger partial charge in [-0.3, -0.25) is 0 Å². The first-order chi connectivity index (χ1) is 16.7. The predicted molar refractivity (Wildman–Crippen MR) is 143 cm³/mol. The summed E-state index contributed by atoms with van der Waals surface area (Å²) < 4.78 is 6.34. The quantitative estimate of drug-likeness (QED) is 0.223. The molecule has 5 aromatic rings. The Labute approximate surface area is 204 Å². The molecule has 3 aromatic carbocycles. The molecule has 0 saturated carbocycles. The second-order valence-corrected chi connectivity index (χ2v) is 9.05. The summed E-state index contributed by atoms with van der Waals surface area (Å²) in [5.41, 5.74) is 7.68. The Morgan fingerprint density at radius 3 is 2.68 bits per heavy atom. The maximum atomic E-state index is 9.30. The number of hydrogen-bond donors (Lipinski definition) is 4. The molecule has 5 rings (SSSR count). The number of fused-ring (bicyclic) bond motifs is 2. The molecule has 5 N–H and O–H groups in total. The third kappa shape index (κ3) is 5.78. The summed E-state index contributed by atoms with van der Waals surface area (Å²) in [5.74, 6) is 1.26. The van der Waals surface area contributed by atoms with E-state index in [2.05, 4.69) is 70.3 Å². The first kappa shape index (κ1) is 23.8.